The molecule has 14 heavy (non-hydrogen) atoms. The zero-order valence-electron chi connectivity index (χ0n) is 9.34. The van der Waals surface area contributed by atoms with E-state index in [0.717, 1.165) is 25.7 Å². The molecular formula is C11H21NO2. The molecule has 1 fully saturated rings. The van der Waals surface area contributed by atoms with Crippen LogP contribution in [0.4, 0.5) is 0 Å². The first-order valence-corrected chi connectivity index (χ1v) is 5.47. The summed E-state index contributed by atoms with van der Waals surface area (Å²) in [5.41, 5.74) is -0.652. The fraction of sp³-hybridized carbons (Fsp3) is 0.909. The van der Waals surface area contributed by atoms with E-state index in [1.165, 1.54) is 0 Å². The van der Waals surface area contributed by atoms with E-state index in [0.29, 0.717) is 5.92 Å². The number of carboxylic acids is 1. The van der Waals surface area contributed by atoms with Crippen molar-refractivity contribution in [2.75, 3.05) is 0 Å². The van der Waals surface area contributed by atoms with Crippen LogP contribution in [0.25, 0.3) is 0 Å². The molecule has 0 atom stereocenters. The van der Waals surface area contributed by atoms with Gasteiger partial charge in [0.15, 0.2) is 0 Å². The molecule has 0 amide bonds. The Labute approximate surface area is 85.9 Å². The van der Waals surface area contributed by atoms with Crippen LogP contribution in [-0.2, 0) is 4.79 Å². The Morgan fingerprint density at radius 2 is 1.93 bits per heavy atom. The van der Waals surface area contributed by atoms with Crippen molar-refractivity contribution in [1.29, 1.82) is 0 Å². The molecule has 3 nitrogen and oxygen atoms in total. The largest absolute Gasteiger partial charge is 0.480 e. The molecule has 0 heterocycles. The van der Waals surface area contributed by atoms with Gasteiger partial charge in [-0.25, -0.2) is 0 Å². The predicted octanol–water partition coefficient (Wildman–Crippen LogP) is 2.02. The van der Waals surface area contributed by atoms with E-state index in [2.05, 4.69) is 12.2 Å². The Hall–Kier alpha value is -0.570. The van der Waals surface area contributed by atoms with Gasteiger partial charge in [-0.3, -0.25) is 10.1 Å². The third-order valence-corrected chi connectivity index (χ3v) is 3.10. The summed E-state index contributed by atoms with van der Waals surface area (Å²) in [6.07, 6.45) is 3.57. The van der Waals surface area contributed by atoms with E-state index in [1.54, 1.807) is 0 Å². The van der Waals surface area contributed by atoms with Gasteiger partial charge in [-0.05, 0) is 45.4 Å². The topological polar surface area (TPSA) is 49.3 Å². The quantitative estimate of drug-likeness (QED) is 0.731. The standard InChI is InChI=1S/C11H21NO2/c1-8(2)12-11(10(13)14)6-4-9(3)5-7-11/h8-9,12H,4-7H2,1-3H3,(H,13,14). The molecule has 0 aromatic carbocycles. The molecule has 82 valence electrons. The maximum absolute atomic E-state index is 11.3. The van der Waals surface area contributed by atoms with Gasteiger partial charge in [-0.1, -0.05) is 6.92 Å². The molecule has 0 aliphatic heterocycles. The summed E-state index contributed by atoms with van der Waals surface area (Å²) in [5.74, 6) is -0.00506. The summed E-state index contributed by atoms with van der Waals surface area (Å²) >= 11 is 0. The van der Waals surface area contributed by atoms with Crippen LogP contribution in [-0.4, -0.2) is 22.7 Å². The van der Waals surface area contributed by atoms with Gasteiger partial charge in [0.1, 0.15) is 5.54 Å². The second-order valence-electron chi connectivity index (χ2n) is 4.87. The minimum atomic E-state index is -0.682. The molecule has 1 rings (SSSR count). The molecule has 0 unspecified atom stereocenters. The maximum Gasteiger partial charge on any atom is 0.323 e. The highest BCUT2D eigenvalue weighted by Gasteiger charge is 2.41. The number of carboxylic acid groups (broad SMARTS) is 1. The lowest BCUT2D eigenvalue weighted by molar-refractivity contribution is -0.147. The number of hydrogen-bond acceptors (Lipinski definition) is 2. The van der Waals surface area contributed by atoms with Crippen LogP contribution in [0.5, 0.6) is 0 Å². The normalized spacial score (nSPS) is 33.3. The summed E-state index contributed by atoms with van der Waals surface area (Å²) in [6.45, 7) is 6.20. The summed E-state index contributed by atoms with van der Waals surface area (Å²) in [5, 5.41) is 12.5. The number of aliphatic carboxylic acids is 1. The van der Waals surface area contributed by atoms with Gasteiger partial charge in [-0.2, -0.15) is 0 Å². The Morgan fingerprint density at radius 1 is 1.43 bits per heavy atom. The van der Waals surface area contributed by atoms with Gasteiger partial charge < -0.3 is 5.11 Å². The Bertz CT molecular complexity index is 205. The lowest BCUT2D eigenvalue weighted by Gasteiger charge is -2.38. The molecule has 3 heteroatoms. The van der Waals surface area contributed by atoms with Crippen LogP contribution >= 0.6 is 0 Å². The van der Waals surface area contributed by atoms with Crippen molar-refractivity contribution in [3.63, 3.8) is 0 Å². The Balaban J connectivity index is 2.68. The van der Waals surface area contributed by atoms with E-state index in [-0.39, 0.29) is 6.04 Å². The Kier molecular flexibility index (Phi) is 3.53. The summed E-state index contributed by atoms with van der Waals surface area (Å²) in [4.78, 5) is 11.3. The van der Waals surface area contributed by atoms with Crippen LogP contribution in [0.2, 0.25) is 0 Å². The highest BCUT2D eigenvalue weighted by Crippen LogP contribution is 2.32. The van der Waals surface area contributed by atoms with E-state index in [4.69, 9.17) is 0 Å². The van der Waals surface area contributed by atoms with Gasteiger partial charge in [0.2, 0.25) is 0 Å². The number of nitrogens with one attached hydrogen (secondary N) is 1. The average molecular weight is 199 g/mol. The third-order valence-electron chi connectivity index (χ3n) is 3.10. The highest BCUT2D eigenvalue weighted by atomic mass is 16.4. The minimum Gasteiger partial charge on any atom is -0.480 e. The number of hydrogen-bond donors (Lipinski definition) is 2. The van der Waals surface area contributed by atoms with Crippen molar-refractivity contribution in [2.45, 2.75) is 58.0 Å². The molecule has 1 saturated carbocycles. The van der Waals surface area contributed by atoms with Crippen LogP contribution < -0.4 is 5.32 Å². The van der Waals surface area contributed by atoms with E-state index >= 15 is 0 Å². The lowest BCUT2D eigenvalue weighted by atomic mass is 9.77. The van der Waals surface area contributed by atoms with Crippen LogP contribution in [0.3, 0.4) is 0 Å². The van der Waals surface area contributed by atoms with E-state index < -0.39 is 11.5 Å². The second-order valence-corrected chi connectivity index (χ2v) is 4.87. The molecule has 1 aliphatic carbocycles. The van der Waals surface area contributed by atoms with Crippen molar-refractivity contribution in [1.82, 2.24) is 5.32 Å². The van der Waals surface area contributed by atoms with E-state index in [9.17, 15) is 9.90 Å². The van der Waals surface area contributed by atoms with Crippen molar-refractivity contribution in [2.24, 2.45) is 5.92 Å². The zero-order valence-corrected chi connectivity index (χ0v) is 9.34. The van der Waals surface area contributed by atoms with Crippen LogP contribution in [0.15, 0.2) is 0 Å². The molecular weight excluding hydrogens is 178 g/mol. The molecule has 2 N–H and O–H groups in total. The van der Waals surface area contributed by atoms with Crippen LogP contribution in [0, 0.1) is 5.92 Å². The van der Waals surface area contributed by atoms with Crippen molar-refractivity contribution in [3.05, 3.63) is 0 Å². The van der Waals surface area contributed by atoms with Gasteiger partial charge in [0.25, 0.3) is 0 Å². The van der Waals surface area contributed by atoms with Gasteiger partial charge in [0.05, 0.1) is 0 Å². The first kappa shape index (κ1) is 11.5. The summed E-state index contributed by atoms with van der Waals surface area (Å²) in [7, 11) is 0. The molecule has 0 bridgehead atoms. The zero-order chi connectivity index (χ0) is 10.8. The number of carbonyl (C=O) groups is 1. The highest BCUT2D eigenvalue weighted by molar-refractivity contribution is 5.79. The third kappa shape index (κ3) is 2.47. The molecule has 0 aromatic rings. The second kappa shape index (κ2) is 4.30. The van der Waals surface area contributed by atoms with Gasteiger partial charge in [0, 0.05) is 6.04 Å². The predicted molar refractivity (Wildman–Crippen MR) is 56.3 cm³/mol. The Morgan fingerprint density at radius 3 is 2.29 bits per heavy atom. The van der Waals surface area contributed by atoms with Crippen molar-refractivity contribution in [3.8, 4) is 0 Å². The average Bonchev–Trinajstić information content (AvgIpc) is 2.08. The fourth-order valence-electron chi connectivity index (χ4n) is 2.23. The van der Waals surface area contributed by atoms with Crippen molar-refractivity contribution < 1.29 is 9.90 Å². The minimum absolute atomic E-state index is 0.236. The summed E-state index contributed by atoms with van der Waals surface area (Å²) in [6, 6.07) is 0.236. The fourth-order valence-corrected chi connectivity index (χ4v) is 2.23. The molecule has 0 radical (unpaired) electrons. The maximum atomic E-state index is 11.3. The van der Waals surface area contributed by atoms with Crippen molar-refractivity contribution >= 4 is 5.97 Å². The van der Waals surface area contributed by atoms with Gasteiger partial charge in [-0.15, -0.1) is 0 Å². The number of rotatable bonds is 3. The lowest BCUT2D eigenvalue weighted by Crippen LogP contribution is -2.56. The van der Waals surface area contributed by atoms with E-state index in [1.807, 2.05) is 13.8 Å². The molecule has 0 spiro atoms. The molecule has 0 aromatic heterocycles. The monoisotopic (exact) mass is 199 g/mol. The first-order valence-electron chi connectivity index (χ1n) is 5.47. The van der Waals surface area contributed by atoms with Crippen LogP contribution in [0.1, 0.15) is 46.5 Å². The van der Waals surface area contributed by atoms with Gasteiger partial charge >= 0.3 is 5.97 Å². The smallest absolute Gasteiger partial charge is 0.323 e. The first-order chi connectivity index (χ1) is 6.46. The molecule has 1 aliphatic rings. The summed E-state index contributed by atoms with van der Waals surface area (Å²) < 4.78 is 0. The SMILES string of the molecule is CC1CCC(NC(C)C)(C(=O)O)CC1. The molecule has 0 saturated heterocycles.